The van der Waals surface area contributed by atoms with Crippen LogP contribution in [-0.2, 0) is 11.3 Å². The molecule has 1 atom stereocenters. The molecule has 1 aliphatic heterocycles. The molecule has 0 spiro atoms. The van der Waals surface area contributed by atoms with Crippen molar-refractivity contribution in [3.8, 4) is 0 Å². The van der Waals surface area contributed by atoms with Crippen molar-refractivity contribution < 1.29 is 4.79 Å². The molecule has 1 aromatic rings. The second kappa shape index (κ2) is 5.53. The lowest BCUT2D eigenvalue weighted by molar-refractivity contribution is -0.141. The summed E-state index contributed by atoms with van der Waals surface area (Å²) in [5.41, 5.74) is 0.947. The second-order valence-corrected chi connectivity index (χ2v) is 5.49. The Bertz CT molecular complexity index is 396. The summed E-state index contributed by atoms with van der Waals surface area (Å²) in [6.07, 6.45) is 2.07. The average Bonchev–Trinajstić information content (AvgIpc) is 2.40. The van der Waals surface area contributed by atoms with Crippen molar-refractivity contribution in [1.29, 1.82) is 0 Å². The molecule has 0 saturated carbocycles. The van der Waals surface area contributed by atoms with Gasteiger partial charge in [0.05, 0.1) is 5.41 Å². The van der Waals surface area contributed by atoms with Crippen LogP contribution in [0, 0.1) is 5.41 Å². The third kappa shape index (κ3) is 2.91. The Morgan fingerprint density at radius 3 is 2.72 bits per heavy atom. The number of amides is 1. The summed E-state index contributed by atoms with van der Waals surface area (Å²) in [6.45, 7) is 4.59. The highest BCUT2D eigenvalue weighted by Crippen LogP contribution is 2.28. The van der Waals surface area contributed by atoms with Gasteiger partial charge in [0.25, 0.3) is 0 Å². The molecule has 0 bridgehead atoms. The Morgan fingerprint density at radius 2 is 2.11 bits per heavy atom. The topological polar surface area (TPSA) is 32.3 Å². The maximum Gasteiger partial charge on any atom is 0.229 e. The fourth-order valence-corrected chi connectivity index (χ4v) is 2.63. The molecular weight excluding hydrogens is 224 g/mol. The molecule has 3 nitrogen and oxygen atoms in total. The quantitative estimate of drug-likeness (QED) is 0.885. The van der Waals surface area contributed by atoms with Crippen molar-refractivity contribution in [2.45, 2.75) is 26.3 Å². The van der Waals surface area contributed by atoms with Gasteiger partial charge in [-0.25, -0.2) is 0 Å². The minimum Gasteiger partial charge on any atom is -0.341 e. The zero-order chi connectivity index (χ0) is 13.0. The monoisotopic (exact) mass is 246 g/mol. The van der Waals surface area contributed by atoms with E-state index >= 15 is 0 Å². The van der Waals surface area contributed by atoms with Crippen LogP contribution >= 0.6 is 0 Å². The van der Waals surface area contributed by atoms with Gasteiger partial charge in [0, 0.05) is 20.1 Å². The Morgan fingerprint density at radius 1 is 1.39 bits per heavy atom. The normalized spacial score (nSPS) is 23.7. The first-order chi connectivity index (χ1) is 8.62. The van der Waals surface area contributed by atoms with E-state index in [-0.39, 0.29) is 11.3 Å². The van der Waals surface area contributed by atoms with E-state index in [9.17, 15) is 4.79 Å². The van der Waals surface area contributed by atoms with Crippen LogP contribution in [0.25, 0.3) is 0 Å². The van der Waals surface area contributed by atoms with Gasteiger partial charge in [0.2, 0.25) is 5.91 Å². The van der Waals surface area contributed by atoms with Crippen LogP contribution in [0.15, 0.2) is 30.3 Å². The van der Waals surface area contributed by atoms with Crippen LogP contribution in [-0.4, -0.2) is 30.9 Å². The molecule has 2 rings (SSSR count). The SMILES string of the molecule is CN(Cc1ccccc1)C(=O)C1(C)CCCNC1. The van der Waals surface area contributed by atoms with E-state index < -0.39 is 0 Å². The number of piperidine rings is 1. The molecule has 0 aromatic heterocycles. The fourth-order valence-electron chi connectivity index (χ4n) is 2.63. The minimum absolute atomic E-state index is 0.234. The molecule has 98 valence electrons. The third-order valence-corrected chi connectivity index (χ3v) is 3.72. The molecule has 1 heterocycles. The van der Waals surface area contributed by atoms with Gasteiger partial charge < -0.3 is 10.2 Å². The van der Waals surface area contributed by atoms with Crippen LogP contribution in [0.3, 0.4) is 0 Å². The van der Waals surface area contributed by atoms with Gasteiger partial charge in [-0.2, -0.15) is 0 Å². The number of hydrogen-bond acceptors (Lipinski definition) is 2. The first-order valence-electron chi connectivity index (χ1n) is 6.62. The van der Waals surface area contributed by atoms with Crippen molar-refractivity contribution in [1.82, 2.24) is 10.2 Å². The van der Waals surface area contributed by atoms with E-state index in [0.29, 0.717) is 6.54 Å². The standard InChI is InChI=1S/C15H22N2O/c1-15(9-6-10-16-12-15)14(18)17(2)11-13-7-4-3-5-8-13/h3-5,7-8,16H,6,9-12H2,1-2H3. The third-order valence-electron chi connectivity index (χ3n) is 3.72. The highest BCUT2D eigenvalue weighted by atomic mass is 16.2. The molecular formula is C15H22N2O. The maximum absolute atomic E-state index is 12.5. The number of rotatable bonds is 3. The van der Waals surface area contributed by atoms with Gasteiger partial charge in [0.15, 0.2) is 0 Å². The molecule has 1 saturated heterocycles. The number of carbonyl (C=O) groups is 1. The molecule has 1 aliphatic rings. The van der Waals surface area contributed by atoms with Gasteiger partial charge in [-0.15, -0.1) is 0 Å². The van der Waals surface area contributed by atoms with Crippen molar-refractivity contribution in [2.24, 2.45) is 5.41 Å². The number of hydrogen-bond donors (Lipinski definition) is 1. The number of nitrogens with zero attached hydrogens (tertiary/aromatic N) is 1. The van der Waals surface area contributed by atoms with E-state index in [0.717, 1.165) is 25.9 Å². The van der Waals surface area contributed by atoms with Crippen LogP contribution in [0.4, 0.5) is 0 Å². The molecule has 0 radical (unpaired) electrons. The summed E-state index contributed by atoms with van der Waals surface area (Å²) in [6, 6.07) is 10.1. The summed E-state index contributed by atoms with van der Waals surface area (Å²) in [5.74, 6) is 0.249. The summed E-state index contributed by atoms with van der Waals surface area (Å²) in [4.78, 5) is 14.4. The molecule has 1 amide bonds. The van der Waals surface area contributed by atoms with Crippen LogP contribution < -0.4 is 5.32 Å². The fraction of sp³-hybridized carbons (Fsp3) is 0.533. The van der Waals surface area contributed by atoms with Gasteiger partial charge in [0.1, 0.15) is 0 Å². The van der Waals surface area contributed by atoms with Crippen LogP contribution in [0.2, 0.25) is 0 Å². The average molecular weight is 246 g/mol. The van der Waals surface area contributed by atoms with Crippen LogP contribution in [0.1, 0.15) is 25.3 Å². The van der Waals surface area contributed by atoms with Crippen molar-refractivity contribution in [3.63, 3.8) is 0 Å². The predicted octanol–water partition coefficient (Wildman–Crippen LogP) is 2.03. The van der Waals surface area contributed by atoms with E-state index in [1.165, 1.54) is 5.56 Å². The molecule has 1 unspecified atom stereocenters. The molecule has 1 fully saturated rings. The van der Waals surface area contributed by atoms with Crippen molar-refractivity contribution >= 4 is 5.91 Å². The van der Waals surface area contributed by atoms with E-state index in [1.54, 1.807) is 0 Å². The summed E-state index contributed by atoms with van der Waals surface area (Å²) in [7, 11) is 1.90. The molecule has 3 heteroatoms. The van der Waals surface area contributed by atoms with Crippen molar-refractivity contribution in [3.05, 3.63) is 35.9 Å². The van der Waals surface area contributed by atoms with E-state index in [2.05, 4.69) is 24.4 Å². The van der Waals surface area contributed by atoms with Gasteiger partial charge in [-0.1, -0.05) is 30.3 Å². The van der Waals surface area contributed by atoms with Gasteiger partial charge >= 0.3 is 0 Å². The van der Waals surface area contributed by atoms with E-state index in [4.69, 9.17) is 0 Å². The second-order valence-electron chi connectivity index (χ2n) is 5.49. The summed E-state index contributed by atoms with van der Waals surface area (Å²) in [5, 5.41) is 3.33. The lowest BCUT2D eigenvalue weighted by Gasteiger charge is -2.36. The predicted molar refractivity (Wildman–Crippen MR) is 73.1 cm³/mol. The van der Waals surface area contributed by atoms with Crippen LogP contribution in [0.5, 0.6) is 0 Å². The molecule has 0 aliphatic carbocycles. The molecule has 18 heavy (non-hydrogen) atoms. The Labute approximate surface area is 109 Å². The zero-order valence-corrected chi connectivity index (χ0v) is 11.3. The number of nitrogens with one attached hydrogen (secondary N) is 1. The summed E-state index contributed by atoms with van der Waals surface area (Å²) < 4.78 is 0. The largest absolute Gasteiger partial charge is 0.341 e. The van der Waals surface area contributed by atoms with Gasteiger partial charge in [-0.05, 0) is 31.9 Å². The molecule has 1 N–H and O–H groups in total. The van der Waals surface area contributed by atoms with Gasteiger partial charge in [-0.3, -0.25) is 4.79 Å². The highest BCUT2D eigenvalue weighted by molar-refractivity contribution is 5.82. The lowest BCUT2D eigenvalue weighted by atomic mass is 9.81. The molecule has 1 aromatic carbocycles. The maximum atomic E-state index is 12.5. The zero-order valence-electron chi connectivity index (χ0n) is 11.3. The first-order valence-corrected chi connectivity index (χ1v) is 6.62. The van der Waals surface area contributed by atoms with Crippen molar-refractivity contribution in [2.75, 3.05) is 20.1 Å². The number of benzene rings is 1. The number of carbonyl (C=O) groups excluding carboxylic acids is 1. The lowest BCUT2D eigenvalue weighted by Crippen LogP contribution is -2.48. The van der Waals surface area contributed by atoms with E-state index in [1.807, 2.05) is 30.1 Å². The highest BCUT2D eigenvalue weighted by Gasteiger charge is 2.36. The Hall–Kier alpha value is -1.35. The smallest absolute Gasteiger partial charge is 0.229 e. The first kappa shape index (κ1) is 13.1. The minimum atomic E-state index is -0.234. The Kier molecular flexibility index (Phi) is 4.02. The Balaban J connectivity index is 2.00. The summed E-state index contributed by atoms with van der Waals surface area (Å²) >= 11 is 0.